The second-order valence-corrected chi connectivity index (χ2v) is 5.24. The standard InChI is InChI=1S/C14H20N2O/c17-14-5-3-11(4-6-14)15-12-7-9-16-8-1-2-13(16)10-12/h3-6,12-13,15,17H,1-2,7-10H2. The second kappa shape index (κ2) is 4.57. The van der Waals surface area contributed by atoms with Crippen molar-refractivity contribution in [1.29, 1.82) is 0 Å². The maximum absolute atomic E-state index is 9.25. The van der Waals surface area contributed by atoms with E-state index in [9.17, 15) is 5.11 Å². The summed E-state index contributed by atoms with van der Waals surface area (Å²) in [4.78, 5) is 2.63. The van der Waals surface area contributed by atoms with Crippen LogP contribution in [0.5, 0.6) is 5.75 Å². The monoisotopic (exact) mass is 232 g/mol. The van der Waals surface area contributed by atoms with Gasteiger partial charge in [0, 0.05) is 24.3 Å². The number of piperidine rings is 1. The van der Waals surface area contributed by atoms with Crippen molar-refractivity contribution in [3.63, 3.8) is 0 Å². The minimum absolute atomic E-state index is 0.334. The van der Waals surface area contributed by atoms with Gasteiger partial charge >= 0.3 is 0 Å². The highest BCUT2D eigenvalue weighted by atomic mass is 16.3. The van der Waals surface area contributed by atoms with Gasteiger partial charge in [-0.15, -0.1) is 0 Å². The molecule has 2 fully saturated rings. The molecular weight excluding hydrogens is 212 g/mol. The Balaban J connectivity index is 1.60. The molecule has 0 aromatic heterocycles. The van der Waals surface area contributed by atoms with Crippen LogP contribution in [0.4, 0.5) is 5.69 Å². The lowest BCUT2D eigenvalue weighted by molar-refractivity contribution is 0.188. The van der Waals surface area contributed by atoms with Gasteiger partial charge in [-0.3, -0.25) is 0 Å². The number of aromatic hydroxyl groups is 1. The van der Waals surface area contributed by atoms with Crippen LogP contribution in [-0.2, 0) is 0 Å². The predicted octanol–water partition coefficient (Wildman–Crippen LogP) is 2.43. The first-order chi connectivity index (χ1) is 8.31. The summed E-state index contributed by atoms with van der Waals surface area (Å²) in [6, 6.07) is 8.80. The zero-order chi connectivity index (χ0) is 11.7. The van der Waals surface area contributed by atoms with Crippen LogP contribution in [0.25, 0.3) is 0 Å². The van der Waals surface area contributed by atoms with Gasteiger partial charge in [0.05, 0.1) is 0 Å². The summed E-state index contributed by atoms with van der Waals surface area (Å²) in [7, 11) is 0. The van der Waals surface area contributed by atoms with Crippen molar-refractivity contribution in [3.8, 4) is 5.75 Å². The molecule has 1 aromatic rings. The molecule has 92 valence electrons. The van der Waals surface area contributed by atoms with Gasteiger partial charge in [0.2, 0.25) is 0 Å². The van der Waals surface area contributed by atoms with Crippen LogP contribution in [0.15, 0.2) is 24.3 Å². The number of fused-ring (bicyclic) bond motifs is 1. The molecule has 17 heavy (non-hydrogen) atoms. The van der Waals surface area contributed by atoms with Gasteiger partial charge < -0.3 is 15.3 Å². The topological polar surface area (TPSA) is 35.5 Å². The first-order valence-corrected chi connectivity index (χ1v) is 6.61. The van der Waals surface area contributed by atoms with Crippen LogP contribution in [-0.4, -0.2) is 35.2 Å². The summed E-state index contributed by atoms with van der Waals surface area (Å²) in [5, 5.41) is 12.8. The van der Waals surface area contributed by atoms with Gasteiger partial charge in [0.25, 0.3) is 0 Å². The average molecular weight is 232 g/mol. The molecule has 0 aliphatic carbocycles. The lowest BCUT2D eigenvalue weighted by Crippen LogP contribution is -2.42. The van der Waals surface area contributed by atoms with Crippen LogP contribution in [0.1, 0.15) is 25.7 Å². The number of hydrogen-bond acceptors (Lipinski definition) is 3. The Morgan fingerprint density at radius 2 is 1.94 bits per heavy atom. The first-order valence-electron chi connectivity index (χ1n) is 6.61. The molecule has 2 unspecified atom stereocenters. The Kier molecular flexibility index (Phi) is 2.93. The van der Waals surface area contributed by atoms with Crippen molar-refractivity contribution in [2.45, 2.75) is 37.8 Å². The molecule has 2 aliphatic heterocycles. The van der Waals surface area contributed by atoms with Crippen molar-refractivity contribution in [2.75, 3.05) is 18.4 Å². The van der Waals surface area contributed by atoms with E-state index in [1.54, 1.807) is 12.1 Å². The Morgan fingerprint density at radius 1 is 1.12 bits per heavy atom. The van der Waals surface area contributed by atoms with Crippen molar-refractivity contribution in [1.82, 2.24) is 4.90 Å². The number of benzene rings is 1. The number of phenols is 1. The Labute approximate surface area is 102 Å². The number of nitrogens with one attached hydrogen (secondary N) is 1. The molecule has 0 bridgehead atoms. The number of hydrogen-bond donors (Lipinski definition) is 2. The molecule has 3 nitrogen and oxygen atoms in total. The van der Waals surface area contributed by atoms with E-state index in [0.29, 0.717) is 11.8 Å². The molecular formula is C14H20N2O. The van der Waals surface area contributed by atoms with Crippen molar-refractivity contribution in [2.24, 2.45) is 0 Å². The lowest BCUT2D eigenvalue weighted by atomic mass is 9.97. The molecule has 1 aromatic carbocycles. The largest absolute Gasteiger partial charge is 0.508 e. The van der Waals surface area contributed by atoms with E-state index < -0.39 is 0 Å². The molecule has 2 N–H and O–H groups in total. The molecule has 2 atom stereocenters. The van der Waals surface area contributed by atoms with Gasteiger partial charge in [-0.2, -0.15) is 0 Å². The quantitative estimate of drug-likeness (QED) is 0.769. The van der Waals surface area contributed by atoms with E-state index in [-0.39, 0.29) is 0 Å². The molecule has 0 amide bonds. The molecule has 2 heterocycles. The van der Waals surface area contributed by atoms with Gasteiger partial charge in [-0.05, 0) is 56.5 Å². The molecule has 0 saturated carbocycles. The van der Waals surface area contributed by atoms with E-state index in [0.717, 1.165) is 11.7 Å². The zero-order valence-corrected chi connectivity index (χ0v) is 10.1. The first kappa shape index (κ1) is 10.9. The number of anilines is 1. The summed E-state index contributed by atoms with van der Waals surface area (Å²) in [6.45, 7) is 2.54. The summed E-state index contributed by atoms with van der Waals surface area (Å²) in [6.07, 6.45) is 5.24. The highest BCUT2D eigenvalue weighted by Gasteiger charge is 2.31. The highest BCUT2D eigenvalue weighted by Crippen LogP contribution is 2.28. The Morgan fingerprint density at radius 3 is 2.76 bits per heavy atom. The zero-order valence-electron chi connectivity index (χ0n) is 10.1. The molecule has 2 saturated heterocycles. The molecule has 0 spiro atoms. The number of phenolic OH excluding ortho intramolecular Hbond substituents is 1. The SMILES string of the molecule is Oc1ccc(NC2CCN3CCCC3C2)cc1. The van der Waals surface area contributed by atoms with Crippen LogP contribution in [0, 0.1) is 0 Å². The summed E-state index contributed by atoms with van der Waals surface area (Å²) in [5.41, 5.74) is 1.12. The van der Waals surface area contributed by atoms with Crippen molar-refractivity contribution < 1.29 is 5.11 Å². The summed E-state index contributed by atoms with van der Waals surface area (Å²) >= 11 is 0. The van der Waals surface area contributed by atoms with E-state index in [1.165, 1.54) is 38.8 Å². The average Bonchev–Trinajstić information content (AvgIpc) is 2.79. The van der Waals surface area contributed by atoms with Crippen molar-refractivity contribution in [3.05, 3.63) is 24.3 Å². The second-order valence-electron chi connectivity index (χ2n) is 5.24. The Bertz CT molecular complexity index is 376. The van der Waals surface area contributed by atoms with E-state index in [4.69, 9.17) is 0 Å². The molecule has 0 radical (unpaired) electrons. The van der Waals surface area contributed by atoms with E-state index in [1.807, 2.05) is 12.1 Å². The van der Waals surface area contributed by atoms with Gasteiger partial charge in [-0.25, -0.2) is 0 Å². The van der Waals surface area contributed by atoms with Crippen LogP contribution in [0.3, 0.4) is 0 Å². The molecule has 2 aliphatic rings. The summed E-state index contributed by atoms with van der Waals surface area (Å²) < 4.78 is 0. The fourth-order valence-electron chi connectivity index (χ4n) is 3.15. The van der Waals surface area contributed by atoms with Crippen molar-refractivity contribution >= 4 is 5.69 Å². The fourth-order valence-corrected chi connectivity index (χ4v) is 3.15. The highest BCUT2D eigenvalue weighted by molar-refractivity contribution is 5.46. The minimum atomic E-state index is 0.334. The number of rotatable bonds is 2. The normalized spacial score (nSPS) is 28.9. The van der Waals surface area contributed by atoms with Gasteiger partial charge in [-0.1, -0.05) is 0 Å². The third-order valence-electron chi connectivity index (χ3n) is 4.06. The molecule has 3 heteroatoms. The predicted molar refractivity (Wildman–Crippen MR) is 69.3 cm³/mol. The third kappa shape index (κ3) is 2.39. The van der Waals surface area contributed by atoms with Gasteiger partial charge in [0.15, 0.2) is 0 Å². The third-order valence-corrected chi connectivity index (χ3v) is 4.06. The van der Waals surface area contributed by atoms with E-state index in [2.05, 4.69) is 10.2 Å². The minimum Gasteiger partial charge on any atom is -0.508 e. The number of nitrogens with zero attached hydrogens (tertiary/aromatic N) is 1. The smallest absolute Gasteiger partial charge is 0.115 e. The maximum atomic E-state index is 9.25. The van der Waals surface area contributed by atoms with Crippen LogP contribution < -0.4 is 5.32 Å². The lowest BCUT2D eigenvalue weighted by Gasteiger charge is -2.35. The van der Waals surface area contributed by atoms with Crippen LogP contribution >= 0.6 is 0 Å². The van der Waals surface area contributed by atoms with E-state index >= 15 is 0 Å². The Hall–Kier alpha value is -1.22. The molecule has 3 rings (SSSR count). The maximum Gasteiger partial charge on any atom is 0.115 e. The van der Waals surface area contributed by atoms with Gasteiger partial charge in [0.1, 0.15) is 5.75 Å². The summed E-state index contributed by atoms with van der Waals surface area (Å²) in [5.74, 6) is 0.334. The van der Waals surface area contributed by atoms with Crippen LogP contribution in [0.2, 0.25) is 0 Å². The fraction of sp³-hybridized carbons (Fsp3) is 0.571.